The number of carbonyl (C=O) groups excluding carboxylic acids is 1. The van der Waals surface area contributed by atoms with Gasteiger partial charge in [-0.1, -0.05) is 18.2 Å². The van der Waals surface area contributed by atoms with Gasteiger partial charge in [0.05, 0.1) is 0 Å². The minimum Gasteiger partial charge on any atom is -0.354 e. The van der Waals surface area contributed by atoms with E-state index in [9.17, 15) is 13.2 Å². The summed E-state index contributed by atoms with van der Waals surface area (Å²) in [5.41, 5.74) is 0.589. The van der Waals surface area contributed by atoms with Gasteiger partial charge in [0, 0.05) is 23.5 Å². The molecule has 1 fully saturated rings. The molecule has 4 rings (SSSR count). The smallest absolute Gasteiger partial charge is 0.285 e. The Balaban J connectivity index is 1.49. The third-order valence-corrected chi connectivity index (χ3v) is 6.95. The fourth-order valence-corrected chi connectivity index (χ4v) is 5.40. The van der Waals surface area contributed by atoms with Gasteiger partial charge in [-0.2, -0.15) is 8.42 Å². The summed E-state index contributed by atoms with van der Waals surface area (Å²) in [6, 6.07) is 10.5. The zero-order valence-electron chi connectivity index (χ0n) is 14.1. The maximum absolute atomic E-state index is 12.7. The lowest BCUT2D eigenvalue weighted by Gasteiger charge is -2.25. The van der Waals surface area contributed by atoms with Gasteiger partial charge in [-0.05, 0) is 42.8 Å². The highest BCUT2D eigenvalue weighted by Crippen LogP contribution is 2.31. The first kappa shape index (κ1) is 17.2. The maximum Gasteiger partial charge on any atom is 0.285 e. The number of hydrogen-bond acceptors (Lipinski definition) is 5. The van der Waals surface area contributed by atoms with Gasteiger partial charge in [0.1, 0.15) is 10.9 Å². The molecule has 1 aromatic carbocycles. The lowest BCUT2D eigenvalue weighted by molar-refractivity contribution is -0.124. The number of nitrogens with one attached hydrogen (secondary N) is 1. The van der Waals surface area contributed by atoms with E-state index in [1.54, 1.807) is 35.6 Å². The van der Waals surface area contributed by atoms with Gasteiger partial charge < -0.3 is 10.2 Å². The van der Waals surface area contributed by atoms with E-state index in [0.717, 1.165) is 12.8 Å². The van der Waals surface area contributed by atoms with Crippen LogP contribution in [0.2, 0.25) is 0 Å². The molecule has 0 saturated carbocycles. The van der Waals surface area contributed by atoms with Crippen LogP contribution >= 0.6 is 11.3 Å². The second kappa shape index (κ2) is 6.85. The molecule has 1 aromatic heterocycles. The molecule has 136 valence electrons. The van der Waals surface area contributed by atoms with Crippen molar-refractivity contribution in [2.75, 3.05) is 13.1 Å². The molecule has 2 aliphatic heterocycles. The Morgan fingerprint density at radius 3 is 2.92 bits per heavy atom. The van der Waals surface area contributed by atoms with E-state index in [1.165, 1.54) is 4.88 Å². The van der Waals surface area contributed by atoms with Crippen LogP contribution in [0, 0.1) is 0 Å². The summed E-state index contributed by atoms with van der Waals surface area (Å²) in [5, 5.41) is 5.00. The number of hydrogen-bond donors (Lipinski definition) is 1. The van der Waals surface area contributed by atoms with Crippen LogP contribution in [-0.2, 0) is 21.2 Å². The summed E-state index contributed by atoms with van der Waals surface area (Å²) < 4.78 is 28.5. The average Bonchev–Trinajstić information content (AvgIpc) is 3.35. The maximum atomic E-state index is 12.7. The number of carbonyl (C=O) groups is 1. The number of thiophene rings is 1. The van der Waals surface area contributed by atoms with E-state index in [-0.39, 0.29) is 16.8 Å². The molecule has 8 heteroatoms. The number of nitrogens with zero attached hydrogens (tertiary/aromatic N) is 2. The summed E-state index contributed by atoms with van der Waals surface area (Å²) >= 11 is 1.67. The summed E-state index contributed by atoms with van der Waals surface area (Å²) in [6.45, 7) is 1.21. The van der Waals surface area contributed by atoms with Crippen LogP contribution in [0.3, 0.4) is 0 Å². The number of rotatable bonds is 4. The second-order valence-electron chi connectivity index (χ2n) is 6.36. The van der Waals surface area contributed by atoms with Crippen molar-refractivity contribution in [1.29, 1.82) is 0 Å². The predicted octanol–water partition coefficient (Wildman–Crippen LogP) is 2.02. The van der Waals surface area contributed by atoms with Gasteiger partial charge in [-0.25, -0.2) is 0 Å². The topological polar surface area (TPSA) is 78.8 Å². The molecule has 6 nitrogen and oxygen atoms in total. The highest BCUT2D eigenvalue weighted by Gasteiger charge is 2.38. The Kier molecular flexibility index (Phi) is 4.54. The van der Waals surface area contributed by atoms with E-state index >= 15 is 0 Å². The molecule has 3 heterocycles. The third-order valence-electron chi connectivity index (χ3n) is 4.69. The van der Waals surface area contributed by atoms with Crippen molar-refractivity contribution in [1.82, 2.24) is 10.2 Å². The zero-order valence-corrected chi connectivity index (χ0v) is 15.7. The molecule has 1 atom stereocenters. The first-order valence-corrected chi connectivity index (χ1v) is 10.9. The molecule has 1 N–H and O–H groups in total. The Morgan fingerprint density at radius 2 is 2.12 bits per heavy atom. The van der Waals surface area contributed by atoms with Crippen molar-refractivity contribution in [2.24, 2.45) is 4.40 Å². The van der Waals surface area contributed by atoms with Gasteiger partial charge in [-0.3, -0.25) is 4.79 Å². The Morgan fingerprint density at radius 1 is 1.27 bits per heavy atom. The molecule has 0 aliphatic carbocycles. The van der Waals surface area contributed by atoms with E-state index in [0.29, 0.717) is 30.9 Å². The number of fused-ring (bicyclic) bond motifs is 1. The average molecular weight is 390 g/mol. The highest BCUT2D eigenvalue weighted by atomic mass is 32.2. The molecular formula is C18H19N3O3S2. The number of likely N-dealkylation sites (tertiary alicyclic amines) is 1. The van der Waals surface area contributed by atoms with Crippen molar-refractivity contribution >= 4 is 33.1 Å². The minimum atomic E-state index is -3.67. The molecule has 2 aliphatic rings. The largest absolute Gasteiger partial charge is 0.354 e. The molecule has 0 unspecified atom stereocenters. The van der Waals surface area contributed by atoms with Crippen LogP contribution < -0.4 is 5.32 Å². The third kappa shape index (κ3) is 3.14. The van der Waals surface area contributed by atoms with Crippen molar-refractivity contribution in [3.8, 4) is 0 Å². The van der Waals surface area contributed by atoms with Crippen molar-refractivity contribution in [3.05, 3.63) is 52.2 Å². The molecule has 0 spiro atoms. The van der Waals surface area contributed by atoms with Gasteiger partial charge in [-0.15, -0.1) is 15.7 Å². The number of benzene rings is 1. The first-order valence-electron chi connectivity index (χ1n) is 8.57. The van der Waals surface area contributed by atoms with Crippen LogP contribution in [0.15, 0.2) is 51.1 Å². The van der Waals surface area contributed by atoms with Crippen LogP contribution in [0.1, 0.15) is 23.3 Å². The van der Waals surface area contributed by atoms with E-state index in [1.807, 2.05) is 22.4 Å². The normalized spacial score (nSPS) is 20.7. The van der Waals surface area contributed by atoms with E-state index < -0.39 is 10.0 Å². The van der Waals surface area contributed by atoms with Crippen LogP contribution in [-0.4, -0.2) is 44.2 Å². The van der Waals surface area contributed by atoms with Crippen molar-refractivity contribution < 1.29 is 13.2 Å². The summed E-state index contributed by atoms with van der Waals surface area (Å²) in [7, 11) is -3.67. The van der Waals surface area contributed by atoms with Gasteiger partial charge in [0.2, 0.25) is 5.91 Å². The predicted molar refractivity (Wildman–Crippen MR) is 101 cm³/mol. The molecule has 1 amide bonds. The van der Waals surface area contributed by atoms with Gasteiger partial charge in [0.25, 0.3) is 10.0 Å². The molecule has 1 saturated heterocycles. The first-order chi connectivity index (χ1) is 12.6. The van der Waals surface area contributed by atoms with Crippen LogP contribution in [0.4, 0.5) is 0 Å². The number of amidine groups is 1. The highest BCUT2D eigenvalue weighted by molar-refractivity contribution is 7.90. The molecule has 26 heavy (non-hydrogen) atoms. The molecule has 0 radical (unpaired) electrons. The monoisotopic (exact) mass is 389 g/mol. The zero-order chi connectivity index (χ0) is 18.1. The van der Waals surface area contributed by atoms with Crippen molar-refractivity contribution in [3.63, 3.8) is 0 Å². The Labute approximate surface area is 156 Å². The fraction of sp³-hybridized carbons (Fsp3) is 0.333. The Bertz CT molecular complexity index is 952. The summed E-state index contributed by atoms with van der Waals surface area (Å²) in [6.07, 6.45) is 2.34. The standard InChI is InChI=1S/C18H19N3O3S2/c22-18(19-10-9-13-5-4-12-25-13)15-7-3-11-21(15)17-14-6-1-2-8-16(14)26(23,24)20-17/h1-2,4-6,8,12,15H,3,7,9-11H2,(H,19,22)/t15-/m0/s1. The van der Waals surface area contributed by atoms with E-state index in [4.69, 9.17) is 0 Å². The van der Waals surface area contributed by atoms with Gasteiger partial charge >= 0.3 is 0 Å². The van der Waals surface area contributed by atoms with Gasteiger partial charge in [0.15, 0.2) is 5.84 Å². The molecular weight excluding hydrogens is 370 g/mol. The van der Waals surface area contributed by atoms with Crippen molar-refractivity contribution in [2.45, 2.75) is 30.2 Å². The molecule has 2 aromatic rings. The SMILES string of the molecule is O=C(NCCc1cccs1)[C@@H]1CCCN1C1=NS(=O)(=O)c2ccccc21. The second-order valence-corrected chi connectivity index (χ2v) is 8.96. The quantitative estimate of drug-likeness (QED) is 0.868. The fourth-order valence-electron chi connectivity index (χ4n) is 3.47. The Hall–Kier alpha value is -2.19. The molecule has 0 bridgehead atoms. The van der Waals surface area contributed by atoms with E-state index in [2.05, 4.69) is 9.71 Å². The van der Waals surface area contributed by atoms with Crippen LogP contribution in [0.5, 0.6) is 0 Å². The summed E-state index contributed by atoms with van der Waals surface area (Å²) in [5.74, 6) is 0.333. The number of sulfonamides is 1. The van der Waals surface area contributed by atoms with Crippen LogP contribution in [0.25, 0.3) is 0 Å². The lowest BCUT2D eigenvalue weighted by Crippen LogP contribution is -2.46. The summed E-state index contributed by atoms with van der Waals surface area (Å²) in [4.78, 5) is 15.9. The number of amides is 1. The minimum absolute atomic E-state index is 0.0662. The lowest BCUT2D eigenvalue weighted by atomic mass is 10.1.